The maximum Gasteiger partial charge on any atom is 0.161 e. The second-order valence-electron chi connectivity index (χ2n) is 7.56. The van der Waals surface area contributed by atoms with Crippen LogP contribution in [-0.2, 0) is 6.54 Å². The number of hydrogen-bond acceptors (Lipinski definition) is 5. The molecule has 0 amide bonds. The maximum atomic E-state index is 4.86. The van der Waals surface area contributed by atoms with Crippen LogP contribution in [0.5, 0.6) is 0 Å². The van der Waals surface area contributed by atoms with Crippen molar-refractivity contribution in [2.45, 2.75) is 32.4 Å². The largest absolute Gasteiger partial charge is 0.356 e. The third-order valence-corrected chi connectivity index (χ3v) is 5.55. The summed E-state index contributed by atoms with van der Waals surface area (Å²) in [6.07, 6.45) is 8.07. The Hall–Kier alpha value is -2.73. The third-order valence-electron chi connectivity index (χ3n) is 5.55. The molecule has 0 saturated carbocycles. The van der Waals surface area contributed by atoms with Crippen molar-refractivity contribution in [3.8, 4) is 11.4 Å². The van der Waals surface area contributed by atoms with Gasteiger partial charge in [0, 0.05) is 61.9 Å². The molecule has 6 heteroatoms. The van der Waals surface area contributed by atoms with Crippen LogP contribution in [0.2, 0.25) is 0 Å². The highest BCUT2D eigenvalue weighted by Crippen LogP contribution is 2.24. The number of aryl methyl sites for hydroxylation is 1. The molecule has 3 heterocycles. The molecule has 0 radical (unpaired) electrons. The van der Waals surface area contributed by atoms with E-state index in [-0.39, 0.29) is 0 Å². The molecule has 1 saturated heterocycles. The van der Waals surface area contributed by atoms with Crippen molar-refractivity contribution < 1.29 is 0 Å². The van der Waals surface area contributed by atoms with Crippen LogP contribution in [0.3, 0.4) is 0 Å². The van der Waals surface area contributed by atoms with Crippen molar-refractivity contribution in [1.82, 2.24) is 24.4 Å². The number of rotatable bonds is 6. The Balaban J connectivity index is 1.37. The molecule has 0 unspecified atom stereocenters. The van der Waals surface area contributed by atoms with E-state index in [9.17, 15) is 0 Å². The Morgan fingerprint density at radius 2 is 1.89 bits per heavy atom. The van der Waals surface area contributed by atoms with Gasteiger partial charge in [-0.05, 0) is 26.8 Å². The average molecular weight is 377 g/mol. The summed E-state index contributed by atoms with van der Waals surface area (Å²) >= 11 is 0. The number of aromatic nitrogens is 4. The predicted octanol–water partition coefficient (Wildman–Crippen LogP) is 3.25. The van der Waals surface area contributed by atoms with E-state index in [0.29, 0.717) is 6.04 Å². The lowest BCUT2D eigenvalue weighted by Crippen LogP contribution is -2.44. The van der Waals surface area contributed by atoms with Gasteiger partial charge in [-0.15, -0.1) is 0 Å². The molecular formula is C22H28N6. The maximum absolute atomic E-state index is 4.86. The van der Waals surface area contributed by atoms with Crippen molar-refractivity contribution >= 4 is 5.82 Å². The monoisotopic (exact) mass is 376 g/mol. The molecular weight excluding hydrogens is 348 g/mol. The minimum absolute atomic E-state index is 0.622. The first kappa shape index (κ1) is 18.6. The summed E-state index contributed by atoms with van der Waals surface area (Å²) in [5, 5.41) is 0. The van der Waals surface area contributed by atoms with Crippen LogP contribution >= 0.6 is 0 Å². The molecule has 0 aliphatic carbocycles. The summed E-state index contributed by atoms with van der Waals surface area (Å²) in [6, 6.07) is 13.0. The van der Waals surface area contributed by atoms with Gasteiger partial charge >= 0.3 is 0 Å². The summed E-state index contributed by atoms with van der Waals surface area (Å²) in [4.78, 5) is 18.5. The van der Waals surface area contributed by atoms with Gasteiger partial charge < -0.3 is 14.4 Å². The first-order chi connectivity index (χ1) is 13.7. The van der Waals surface area contributed by atoms with E-state index in [1.165, 1.54) is 0 Å². The molecule has 1 aromatic carbocycles. The number of likely N-dealkylation sites (N-methyl/N-ethyl adjacent to an activating group) is 1. The molecule has 6 nitrogen and oxygen atoms in total. The highest BCUT2D eigenvalue weighted by atomic mass is 15.2. The molecule has 2 aromatic heterocycles. The zero-order valence-corrected chi connectivity index (χ0v) is 16.7. The van der Waals surface area contributed by atoms with Crippen LogP contribution in [0.15, 0.2) is 55.1 Å². The second kappa shape index (κ2) is 8.52. The molecule has 0 atom stereocenters. The number of piperidine rings is 1. The number of imidazole rings is 1. The summed E-state index contributed by atoms with van der Waals surface area (Å²) in [5.74, 6) is 1.86. The van der Waals surface area contributed by atoms with Crippen LogP contribution < -0.4 is 4.90 Å². The number of anilines is 1. The number of nitrogens with zero attached hydrogens (tertiary/aromatic N) is 6. The van der Waals surface area contributed by atoms with Gasteiger partial charge in [0.25, 0.3) is 0 Å². The van der Waals surface area contributed by atoms with Crippen molar-refractivity contribution in [2.24, 2.45) is 0 Å². The molecule has 0 spiro atoms. The van der Waals surface area contributed by atoms with E-state index in [2.05, 4.69) is 49.6 Å². The Morgan fingerprint density at radius 1 is 1.11 bits per heavy atom. The highest BCUT2D eigenvalue weighted by molar-refractivity contribution is 5.57. The fourth-order valence-electron chi connectivity index (χ4n) is 3.84. The zero-order chi connectivity index (χ0) is 19.3. The Kier molecular flexibility index (Phi) is 5.67. The Bertz CT molecular complexity index is 869. The van der Waals surface area contributed by atoms with Crippen LogP contribution in [0.4, 0.5) is 5.82 Å². The molecule has 28 heavy (non-hydrogen) atoms. The third kappa shape index (κ3) is 4.39. The van der Waals surface area contributed by atoms with Gasteiger partial charge in [0.05, 0.1) is 6.33 Å². The molecule has 4 rings (SSSR count). The van der Waals surface area contributed by atoms with E-state index < -0.39 is 0 Å². The summed E-state index contributed by atoms with van der Waals surface area (Å²) < 4.78 is 2.14. The first-order valence-corrected chi connectivity index (χ1v) is 10.0. The summed E-state index contributed by atoms with van der Waals surface area (Å²) in [6.45, 7) is 6.15. The lowest BCUT2D eigenvalue weighted by atomic mass is 10.0. The lowest BCUT2D eigenvalue weighted by molar-refractivity contribution is 0.201. The topological polar surface area (TPSA) is 50.1 Å². The van der Waals surface area contributed by atoms with Crippen molar-refractivity contribution in [2.75, 3.05) is 31.6 Å². The Labute approximate surface area is 166 Å². The zero-order valence-electron chi connectivity index (χ0n) is 16.7. The smallest absolute Gasteiger partial charge is 0.161 e. The van der Waals surface area contributed by atoms with E-state index >= 15 is 0 Å². The summed E-state index contributed by atoms with van der Waals surface area (Å²) in [5.41, 5.74) is 2.09. The van der Waals surface area contributed by atoms with Gasteiger partial charge in [0.15, 0.2) is 5.82 Å². The van der Waals surface area contributed by atoms with Crippen LogP contribution in [0.1, 0.15) is 18.5 Å². The van der Waals surface area contributed by atoms with E-state index in [1.807, 2.05) is 43.8 Å². The quantitative estimate of drug-likeness (QED) is 0.661. The molecule has 1 aliphatic rings. The SMILES string of the molecule is Cc1cc(N2CCC(N(C)CCn3ccnc3)CC2)nc(-c2ccccc2)n1. The minimum Gasteiger partial charge on any atom is -0.356 e. The Morgan fingerprint density at radius 3 is 2.61 bits per heavy atom. The second-order valence-corrected chi connectivity index (χ2v) is 7.56. The van der Waals surface area contributed by atoms with Gasteiger partial charge in [0.1, 0.15) is 5.82 Å². The van der Waals surface area contributed by atoms with Gasteiger partial charge in [-0.1, -0.05) is 30.3 Å². The van der Waals surface area contributed by atoms with Crippen LogP contribution in [0.25, 0.3) is 11.4 Å². The fourth-order valence-corrected chi connectivity index (χ4v) is 3.84. The molecule has 146 valence electrons. The normalized spacial score (nSPS) is 15.3. The number of hydrogen-bond donors (Lipinski definition) is 0. The minimum atomic E-state index is 0.622. The first-order valence-electron chi connectivity index (χ1n) is 10.0. The van der Waals surface area contributed by atoms with Gasteiger partial charge in [-0.25, -0.2) is 15.0 Å². The average Bonchev–Trinajstić information content (AvgIpc) is 3.26. The van der Waals surface area contributed by atoms with E-state index in [1.54, 1.807) is 0 Å². The van der Waals surface area contributed by atoms with E-state index in [0.717, 1.165) is 61.9 Å². The van der Waals surface area contributed by atoms with Crippen molar-refractivity contribution in [3.63, 3.8) is 0 Å². The molecule has 3 aromatic rings. The standard InChI is InChI=1S/C22H28N6/c1-18-16-21(25-22(24-18)19-6-4-3-5-7-19)28-11-8-20(9-12-28)26(2)14-15-27-13-10-23-17-27/h3-7,10,13,16-17,20H,8-9,11-12,14-15H2,1-2H3. The van der Waals surface area contributed by atoms with Gasteiger partial charge in [0.2, 0.25) is 0 Å². The van der Waals surface area contributed by atoms with E-state index in [4.69, 9.17) is 4.98 Å². The molecule has 1 aliphatic heterocycles. The molecule has 0 N–H and O–H groups in total. The van der Waals surface area contributed by atoms with Crippen molar-refractivity contribution in [3.05, 3.63) is 60.8 Å². The van der Waals surface area contributed by atoms with Gasteiger partial charge in [-0.3, -0.25) is 0 Å². The summed E-state index contributed by atoms with van der Waals surface area (Å²) in [7, 11) is 2.24. The van der Waals surface area contributed by atoms with Crippen LogP contribution in [-0.4, -0.2) is 57.1 Å². The van der Waals surface area contributed by atoms with Crippen LogP contribution in [0, 0.1) is 6.92 Å². The van der Waals surface area contributed by atoms with Gasteiger partial charge in [-0.2, -0.15) is 0 Å². The lowest BCUT2D eigenvalue weighted by Gasteiger charge is -2.37. The predicted molar refractivity (Wildman–Crippen MR) is 112 cm³/mol. The number of benzene rings is 1. The fraction of sp³-hybridized carbons (Fsp3) is 0.409. The highest BCUT2D eigenvalue weighted by Gasteiger charge is 2.23. The molecule has 1 fully saturated rings. The molecule has 0 bridgehead atoms. The van der Waals surface area contributed by atoms with Crippen molar-refractivity contribution in [1.29, 1.82) is 0 Å².